The van der Waals surface area contributed by atoms with Gasteiger partial charge in [-0.05, 0) is 89.5 Å². The highest BCUT2D eigenvalue weighted by Gasteiger charge is 2.27. The summed E-state index contributed by atoms with van der Waals surface area (Å²) in [7, 11) is 1.18. The predicted octanol–water partition coefficient (Wildman–Crippen LogP) is 16.7. The molecule has 3 atom stereocenters. The van der Waals surface area contributed by atoms with Gasteiger partial charge in [0.2, 0.25) is 5.91 Å². The standard InChI is InChI=1S/C59H111N2O7P/c1-7-10-13-16-19-22-25-27-29-30-32-33-36-39-42-45-48-51-58(62)60-56(55-67-69(64,65)66-54-53-61(4,5)6)57(50-47-44-41-38-35-24-21-18-15-12-9-3)68-59(63)52-49-46-43-40-37-34-31-28-26-23-20-17-14-11-8-2/h19,22-23,26-27,29,47,50,56-57H,7-18,20-21,24-25,28,30-46,48-49,51-55H2,1-6H3,(H-,60,62,64,65)/b22-19-,26-23-,29-27-,50-47+. The number of phosphoric ester groups is 1. The fourth-order valence-electron chi connectivity index (χ4n) is 8.19. The number of phosphoric acid groups is 1. The summed E-state index contributed by atoms with van der Waals surface area (Å²) in [4.78, 5) is 39.8. The van der Waals surface area contributed by atoms with Crippen LogP contribution in [0.2, 0.25) is 0 Å². The lowest BCUT2D eigenvalue weighted by molar-refractivity contribution is -0.870. The predicted molar refractivity (Wildman–Crippen MR) is 293 cm³/mol. The molecular formula is C59H111N2O7P. The first-order valence-corrected chi connectivity index (χ1v) is 30.4. The van der Waals surface area contributed by atoms with Gasteiger partial charge in [0.25, 0.3) is 7.82 Å². The molecule has 10 heteroatoms. The van der Waals surface area contributed by atoms with Crippen LogP contribution in [0.1, 0.15) is 265 Å². The number of carbonyl (C=O) groups excluding carboxylic acids is 2. The number of nitrogens with one attached hydrogen (secondary N) is 1. The third-order valence-electron chi connectivity index (χ3n) is 12.7. The van der Waals surface area contributed by atoms with Crippen LogP contribution in [-0.4, -0.2) is 69.4 Å². The van der Waals surface area contributed by atoms with Gasteiger partial charge in [-0.2, -0.15) is 0 Å². The molecule has 0 heterocycles. The number of unbranched alkanes of at least 4 members (excludes halogenated alkanes) is 30. The van der Waals surface area contributed by atoms with Crippen molar-refractivity contribution in [2.75, 3.05) is 40.9 Å². The highest BCUT2D eigenvalue weighted by Crippen LogP contribution is 2.38. The Balaban J connectivity index is 5.32. The van der Waals surface area contributed by atoms with Gasteiger partial charge in [0, 0.05) is 12.8 Å². The smallest absolute Gasteiger partial charge is 0.306 e. The summed E-state index contributed by atoms with van der Waals surface area (Å²) in [5, 5.41) is 3.02. The van der Waals surface area contributed by atoms with Crippen molar-refractivity contribution in [1.82, 2.24) is 5.32 Å². The number of esters is 1. The lowest BCUT2D eigenvalue weighted by atomic mass is 10.1. The van der Waals surface area contributed by atoms with Gasteiger partial charge in [-0.3, -0.25) is 14.2 Å². The molecule has 0 aliphatic heterocycles. The molecule has 3 unspecified atom stereocenters. The van der Waals surface area contributed by atoms with Crippen LogP contribution in [0.15, 0.2) is 48.6 Å². The zero-order valence-electron chi connectivity index (χ0n) is 46.0. The van der Waals surface area contributed by atoms with Gasteiger partial charge in [0.05, 0.1) is 33.8 Å². The maximum atomic E-state index is 13.5. The average molecular weight is 992 g/mol. The van der Waals surface area contributed by atoms with Crippen molar-refractivity contribution >= 4 is 19.7 Å². The molecule has 0 bridgehead atoms. The summed E-state index contributed by atoms with van der Waals surface area (Å²) in [5.41, 5.74) is 0. The van der Waals surface area contributed by atoms with Crippen LogP contribution in [0.5, 0.6) is 0 Å². The zero-order valence-corrected chi connectivity index (χ0v) is 46.9. The fourth-order valence-corrected chi connectivity index (χ4v) is 8.92. The molecule has 0 saturated heterocycles. The lowest BCUT2D eigenvalue weighted by Crippen LogP contribution is -2.47. The van der Waals surface area contributed by atoms with Crippen molar-refractivity contribution in [1.29, 1.82) is 0 Å². The number of carbonyl (C=O) groups is 2. The Labute approximate surface area is 427 Å². The largest absolute Gasteiger partial charge is 0.756 e. The van der Waals surface area contributed by atoms with Crippen LogP contribution in [0.3, 0.4) is 0 Å². The summed E-state index contributed by atoms with van der Waals surface area (Å²) in [6.45, 7) is 6.79. The van der Waals surface area contributed by atoms with E-state index in [1.807, 2.05) is 33.3 Å². The Morgan fingerprint density at radius 2 is 0.884 bits per heavy atom. The molecule has 9 nitrogen and oxygen atoms in total. The molecule has 0 radical (unpaired) electrons. The maximum Gasteiger partial charge on any atom is 0.306 e. The zero-order chi connectivity index (χ0) is 50.8. The molecule has 0 fully saturated rings. The summed E-state index contributed by atoms with van der Waals surface area (Å²) in [6.07, 6.45) is 59.2. The summed E-state index contributed by atoms with van der Waals surface area (Å²) < 4.78 is 30.2. The Morgan fingerprint density at radius 1 is 0.507 bits per heavy atom. The van der Waals surface area contributed by atoms with Gasteiger partial charge >= 0.3 is 5.97 Å². The van der Waals surface area contributed by atoms with Crippen molar-refractivity contribution in [3.05, 3.63) is 48.6 Å². The number of likely N-dealkylation sites (N-methyl/N-ethyl adjacent to an activating group) is 1. The van der Waals surface area contributed by atoms with Gasteiger partial charge in [-0.15, -0.1) is 0 Å². The maximum absolute atomic E-state index is 13.5. The second-order valence-corrected chi connectivity index (χ2v) is 22.2. The number of hydrogen-bond acceptors (Lipinski definition) is 7. The fraction of sp³-hybridized carbons (Fsp3) is 0.831. The van der Waals surface area contributed by atoms with Crippen LogP contribution < -0.4 is 10.2 Å². The molecule has 0 aromatic rings. The third kappa shape index (κ3) is 50.7. The molecule has 0 aliphatic carbocycles. The van der Waals surface area contributed by atoms with E-state index in [0.29, 0.717) is 17.4 Å². The average Bonchev–Trinajstić information content (AvgIpc) is 3.31. The minimum absolute atomic E-state index is 0.0247. The number of allylic oxidation sites excluding steroid dienone is 7. The molecule has 0 spiro atoms. The number of hydrogen-bond donors (Lipinski definition) is 1. The first kappa shape index (κ1) is 67.0. The Kier molecular flexibility index (Phi) is 48.1. The number of rotatable bonds is 52. The van der Waals surface area contributed by atoms with E-state index in [0.717, 1.165) is 89.9 Å². The summed E-state index contributed by atoms with van der Waals surface area (Å²) >= 11 is 0. The Morgan fingerprint density at radius 3 is 1.36 bits per heavy atom. The van der Waals surface area contributed by atoms with Crippen molar-refractivity contribution in [3.63, 3.8) is 0 Å². The van der Waals surface area contributed by atoms with E-state index in [9.17, 15) is 19.0 Å². The number of ether oxygens (including phenoxy) is 1. The van der Waals surface area contributed by atoms with Crippen LogP contribution in [-0.2, 0) is 27.9 Å². The first-order valence-electron chi connectivity index (χ1n) is 28.9. The van der Waals surface area contributed by atoms with Gasteiger partial charge < -0.3 is 28.5 Å². The van der Waals surface area contributed by atoms with Crippen molar-refractivity contribution in [2.45, 2.75) is 277 Å². The number of amides is 1. The lowest BCUT2D eigenvalue weighted by Gasteiger charge is -2.30. The number of quaternary nitrogens is 1. The van der Waals surface area contributed by atoms with Crippen molar-refractivity contribution in [2.24, 2.45) is 0 Å². The summed E-state index contributed by atoms with van der Waals surface area (Å²) in [6, 6.07) is -0.892. The number of nitrogens with zero attached hydrogens (tertiary/aromatic N) is 1. The normalized spacial score (nSPS) is 14.1. The van der Waals surface area contributed by atoms with Gasteiger partial charge in [-0.1, -0.05) is 211 Å². The van der Waals surface area contributed by atoms with E-state index < -0.39 is 26.6 Å². The molecule has 0 aromatic carbocycles. The highest BCUT2D eigenvalue weighted by molar-refractivity contribution is 7.45. The van der Waals surface area contributed by atoms with Gasteiger partial charge in [0.1, 0.15) is 19.3 Å². The van der Waals surface area contributed by atoms with E-state index in [4.69, 9.17) is 13.8 Å². The van der Waals surface area contributed by atoms with E-state index >= 15 is 0 Å². The second kappa shape index (κ2) is 49.5. The molecule has 0 aromatic heterocycles. The molecule has 0 rings (SSSR count). The van der Waals surface area contributed by atoms with Crippen molar-refractivity contribution < 1.29 is 37.3 Å². The minimum atomic E-state index is -4.69. The SMILES string of the molecule is CCCCC/C=C\C/C=C\CCCCCCCCCC(=O)NC(COP(=O)([O-])OCC[N+](C)(C)C)C(/C=C/CCCCCCCCCCC)OC(=O)CCCCCCCCC/C=C\CCCCCC. The Bertz CT molecular complexity index is 1330. The van der Waals surface area contributed by atoms with Crippen LogP contribution in [0.4, 0.5) is 0 Å². The third-order valence-corrected chi connectivity index (χ3v) is 13.7. The monoisotopic (exact) mass is 991 g/mol. The molecule has 404 valence electrons. The van der Waals surface area contributed by atoms with E-state index in [2.05, 4.69) is 62.5 Å². The molecule has 1 N–H and O–H groups in total. The van der Waals surface area contributed by atoms with Crippen LogP contribution in [0, 0.1) is 0 Å². The van der Waals surface area contributed by atoms with Crippen molar-refractivity contribution in [3.8, 4) is 0 Å². The molecule has 0 saturated carbocycles. The quantitative estimate of drug-likeness (QED) is 0.0212. The van der Waals surface area contributed by atoms with Gasteiger partial charge in [-0.25, -0.2) is 0 Å². The second-order valence-electron chi connectivity index (χ2n) is 20.8. The molecule has 69 heavy (non-hydrogen) atoms. The molecule has 1 amide bonds. The summed E-state index contributed by atoms with van der Waals surface area (Å²) in [5.74, 6) is -0.552. The van der Waals surface area contributed by atoms with Gasteiger partial charge in [0.15, 0.2) is 0 Å². The van der Waals surface area contributed by atoms with Crippen LogP contribution in [0.25, 0.3) is 0 Å². The van der Waals surface area contributed by atoms with E-state index in [1.54, 1.807) is 0 Å². The highest BCUT2D eigenvalue weighted by atomic mass is 31.2. The molecular weight excluding hydrogens is 880 g/mol. The first-order chi connectivity index (χ1) is 33.4. The Hall–Kier alpha value is -2.03. The van der Waals surface area contributed by atoms with E-state index in [1.165, 1.54) is 141 Å². The molecule has 0 aliphatic rings. The van der Waals surface area contributed by atoms with Crippen LogP contribution >= 0.6 is 7.82 Å². The minimum Gasteiger partial charge on any atom is -0.756 e. The van der Waals surface area contributed by atoms with E-state index in [-0.39, 0.29) is 24.9 Å². The topological polar surface area (TPSA) is 114 Å².